The van der Waals surface area contributed by atoms with Crippen molar-refractivity contribution in [3.63, 3.8) is 0 Å². The van der Waals surface area contributed by atoms with Crippen LogP contribution in [-0.2, 0) is 9.53 Å². The van der Waals surface area contributed by atoms with Crippen molar-refractivity contribution in [3.8, 4) is 0 Å². The first-order valence-electron chi connectivity index (χ1n) is 4.40. The lowest BCUT2D eigenvalue weighted by atomic mass is 9.97. The molecule has 82 valence electrons. The maximum atomic E-state index is 10.8. The number of rotatable bonds is 1. The van der Waals surface area contributed by atoms with Crippen molar-refractivity contribution in [2.75, 3.05) is 0 Å². The minimum Gasteiger partial charge on any atom is -0.388 e. The number of amides is 1. The maximum absolute atomic E-state index is 10.8. The summed E-state index contributed by atoms with van der Waals surface area (Å²) < 4.78 is 4.83. The highest BCUT2D eigenvalue weighted by Crippen LogP contribution is 2.19. The standard InChI is InChI=1S/C8H15NO5/c1-3-6(11)5(9-4(2)10)7(12)8(13)14-3/h3,5-8,11-13H,1-2H3,(H,9,10)/t3-,5-,6-,7+,8+/m1/s1. The lowest BCUT2D eigenvalue weighted by molar-refractivity contribution is -0.251. The van der Waals surface area contributed by atoms with Gasteiger partial charge in [0.1, 0.15) is 12.2 Å². The van der Waals surface area contributed by atoms with E-state index in [4.69, 9.17) is 4.74 Å². The molecule has 1 aliphatic heterocycles. The predicted molar refractivity (Wildman–Crippen MR) is 46.2 cm³/mol. The van der Waals surface area contributed by atoms with Gasteiger partial charge >= 0.3 is 0 Å². The molecule has 0 aromatic heterocycles. The van der Waals surface area contributed by atoms with Crippen LogP contribution in [0.3, 0.4) is 0 Å². The zero-order chi connectivity index (χ0) is 10.9. The topological polar surface area (TPSA) is 99.0 Å². The molecule has 0 bridgehead atoms. The molecule has 1 fully saturated rings. The fraction of sp³-hybridized carbons (Fsp3) is 0.875. The van der Waals surface area contributed by atoms with Crippen LogP contribution in [0.2, 0.25) is 0 Å². The van der Waals surface area contributed by atoms with Gasteiger partial charge in [-0.1, -0.05) is 0 Å². The molecule has 0 aromatic carbocycles. The van der Waals surface area contributed by atoms with Crippen LogP contribution in [0.25, 0.3) is 0 Å². The van der Waals surface area contributed by atoms with Crippen LogP contribution < -0.4 is 5.32 Å². The van der Waals surface area contributed by atoms with Crippen molar-refractivity contribution < 1.29 is 24.9 Å². The van der Waals surface area contributed by atoms with E-state index in [2.05, 4.69) is 5.32 Å². The monoisotopic (exact) mass is 205 g/mol. The van der Waals surface area contributed by atoms with Crippen molar-refractivity contribution in [3.05, 3.63) is 0 Å². The van der Waals surface area contributed by atoms with E-state index in [0.717, 1.165) is 0 Å². The van der Waals surface area contributed by atoms with Crippen LogP contribution in [0.15, 0.2) is 0 Å². The van der Waals surface area contributed by atoms with Crippen molar-refractivity contribution in [2.45, 2.75) is 44.5 Å². The van der Waals surface area contributed by atoms with E-state index in [-0.39, 0.29) is 5.91 Å². The molecule has 0 saturated carbocycles. The van der Waals surface area contributed by atoms with E-state index in [0.29, 0.717) is 0 Å². The predicted octanol–water partition coefficient (Wildman–Crippen LogP) is -2.05. The van der Waals surface area contributed by atoms with Gasteiger partial charge in [0.05, 0.1) is 12.1 Å². The number of carbonyl (C=O) groups excluding carboxylic acids is 1. The van der Waals surface area contributed by atoms with E-state index in [1.54, 1.807) is 6.92 Å². The van der Waals surface area contributed by atoms with Crippen LogP contribution in [0.4, 0.5) is 0 Å². The summed E-state index contributed by atoms with van der Waals surface area (Å²) in [5.41, 5.74) is 0. The molecule has 1 saturated heterocycles. The molecule has 5 atom stereocenters. The molecule has 0 aromatic rings. The van der Waals surface area contributed by atoms with E-state index in [9.17, 15) is 20.1 Å². The fourth-order valence-corrected chi connectivity index (χ4v) is 1.46. The minimum atomic E-state index is -1.38. The molecule has 1 heterocycles. The van der Waals surface area contributed by atoms with Crippen LogP contribution >= 0.6 is 0 Å². The van der Waals surface area contributed by atoms with Gasteiger partial charge in [-0.2, -0.15) is 0 Å². The quantitative estimate of drug-likeness (QED) is 0.395. The molecule has 1 amide bonds. The molecule has 6 nitrogen and oxygen atoms in total. The number of aliphatic hydroxyl groups is 3. The van der Waals surface area contributed by atoms with E-state index in [1.807, 2.05) is 0 Å². The Hall–Kier alpha value is -0.690. The summed E-state index contributed by atoms with van der Waals surface area (Å²) in [6.07, 6.45) is -4.36. The van der Waals surface area contributed by atoms with Gasteiger partial charge in [0, 0.05) is 6.92 Å². The summed E-state index contributed by atoms with van der Waals surface area (Å²) in [6, 6.07) is -0.897. The highest BCUT2D eigenvalue weighted by molar-refractivity contribution is 5.73. The minimum absolute atomic E-state index is 0.380. The van der Waals surface area contributed by atoms with Gasteiger partial charge in [-0.25, -0.2) is 0 Å². The van der Waals surface area contributed by atoms with Gasteiger partial charge in [-0.15, -0.1) is 0 Å². The average Bonchev–Trinajstić information content (AvgIpc) is 2.09. The summed E-state index contributed by atoms with van der Waals surface area (Å²) in [5, 5.41) is 30.6. The van der Waals surface area contributed by atoms with Gasteiger partial charge in [0.25, 0.3) is 0 Å². The third-order valence-corrected chi connectivity index (χ3v) is 2.23. The van der Waals surface area contributed by atoms with E-state index < -0.39 is 30.6 Å². The molecule has 1 rings (SSSR count). The molecule has 0 unspecified atom stereocenters. The Morgan fingerprint density at radius 1 is 1.29 bits per heavy atom. The maximum Gasteiger partial charge on any atom is 0.217 e. The van der Waals surface area contributed by atoms with E-state index >= 15 is 0 Å². The number of carbonyl (C=O) groups is 1. The largest absolute Gasteiger partial charge is 0.388 e. The second kappa shape index (κ2) is 4.22. The number of hydrogen-bond donors (Lipinski definition) is 4. The summed E-state index contributed by atoms with van der Waals surface area (Å²) in [7, 11) is 0. The molecule has 1 aliphatic rings. The Morgan fingerprint density at radius 3 is 2.36 bits per heavy atom. The molecule has 0 spiro atoms. The van der Waals surface area contributed by atoms with Gasteiger partial charge < -0.3 is 25.4 Å². The summed E-state index contributed by atoms with van der Waals surface area (Å²) >= 11 is 0. The summed E-state index contributed by atoms with van der Waals surface area (Å²) in [4.78, 5) is 10.8. The highest BCUT2D eigenvalue weighted by atomic mass is 16.6. The Bertz CT molecular complexity index is 208. The van der Waals surface area contributed by atoms with Crippen LogP contribution in [0.1, 0.15) is 13.8 Å². The van der Waals surface area contributed by atoms with Gasteiger partial charge in [0.2, 0.25) is 5.91 Å². The molecule has 4 N–H and O–H groups in total. The van der Waals surface area contributed by atoms with Crippen molar-refractivity contribution >= 4 is 5.91 Å². The Morgan fingerprint density at radius 2 is 1.86 bits per heavy atom. The Balaban J connectivity index is 2.71. The number of hydrogen-bond acceptors (Lipinski definition) is 5. The molecular formula is C8H15NO5. The van der Waals surface area contributed by atoms with E-state index in [1.165, 1.54) is 6.92 Å². The van der Waals surface area contributed by atoms with Crippen LogP contribution in [-0.4, -0.2) is 51.9 Å². The fourth-order valence-electron chi connectivity index (χ4n) is 1.46. The molecule has 6 heteroatoms. The molecular weight excluding hydrogens is 190 g/mol. The van der Waals surface area contributed by atoms with Crippen LogP contribution in [0, 0.1) is 0 Å². The summed E-state index contributed by atoms with van der Waals surface area (Å²) in [6.45, 7) is 2.82. The second-order valence-corrected chi connectivity index (χ2v) is 3.44. The van der Waals surface area contributed by atoms with Crippen molar-refractivity contribution in [1.82, 2.24) is 5.32 Å². The SMILES string of the molecule is CC(=O)N[C@@H]1[C@H](O)[C@@H](C)O[C@H](O)[C@H]1O. The molecule has 14 heavy (non-hydrogen) atoms. The van der Waals surface area contributed by atoms with Gasteiger partial charge in [-0.3, -0.25) is 4.79 Å². The third-order valence-electron chi connectivity index (χ3n) is 2.23. The lowest BCUT2D eigenvalue weighted by Gasteiger charge is -2.39. The first-order valence-corrected chi connectivity index (χ1v) is 4.40. The van der Waals surface area contributed by atoms with Crippen LogP contribution in [0.5, 0.6) is 0 Å². The Labute approximate surface area is 81.5 Å². The Kier molecular flexibility index (Phi) is 3.43. The number of ether oxygens (including phenoxy) is 1. The zero-order valence-electron chi connectivity index (χ0n) is 8.04. The smallest absolute Gasteiger partial charge is 0.217 e. The number of nitrogens with one attached hydrogen (secondary N) is 1. The zero-order valence-corrected chi connectivity index (χ0v) is 8.04. The number of aliphatic hydroxyl groups excluding tert-OH is 3. The summed E-state index contributed by atoms with van der Waals surface area (Å²) in [5.74, 6) is -0.380. The highest BCUT2D eigenvalue weighted by Gasteiger charge is 2.42. The lowest BCUT2D eigenvalue weighted by Crippen LogP contribution is -2.62. The molecule has 0 radical (unpaired) electrons. The third kappa shape index (κ3) is 2.21. The average molecular weight is 205 g/mol. The normalized spacial score (nSPS) is 43.4. The first kappa shape index (κ1) is 11.4. The van der Waals surface area contributed by atoms with Gasteiger partial charge in [-0.05, 0) is 6.92 Å². The van der Waals surface area contributed by atoms with Crippen molar-refractivity contribution in [1.29, 1.82) is 0 Å². The second-order valence-electron chi connectivity index (χ2n) is 3.44. The molecule has 0 aliphatic carbocycles. The first-order chi connectivity index (χ1) is 6.43. The van der Waals surface area contributed by atoms with Crippen molar-refractivity contribution in [2.24, 2.45) is 0 Å². The van der Waals surface area contributed by atoms with Gasteiger partial charge in [0.15, 0.2) is 6.29 Å².